The minimum atomic E-state index is -0.570. The zero-order chi connectivity index (χ0) is 17.7. The molecule has 0 N–H and O–H groups in total. The van der Waals surface area contributed by atoms with Crippen molar-refractivity contribution in [2.24, 2.45) is 0 Å². The molecule has 126 valence electrons. The maximum Gasteiger partial charge on any atom is 0.311 e. The van der Waals surface area contributed by atoms with Gasteiger partial charge in [-0.3, -0.25) is 14.9 Å². The number of carbonyl (C=O) groups is 1. The molecule has 24 heavy (non-hydrogen) atoms. The van der Waals surface area contributed by atoms with Crippen LogP contribution in [0.25, 0.3) is 0 Å². The third-order valence-corrected chi connectivity index (χ3v) is 3.55. The molecule has 0 spiro atoms. The summed E-state index contributed by atoms with van der Waals surface area (Å²) in [5, 5.41) is 11.1. The van der Waals surface area contributed by atoms with Gasteiger partial charge in [-0.05, 0) is 29.8 Å². The molecule has 0 saturated carbocycles. The minimum absolute atomic E-state index is 0.120. The topological polar surface area (TPSA) is 81.9 Å². The summed E-state index contributed by atoms with van der Waals surface area (Å²) >= 11 is 0. The van der Waals surface area contributed by atoms with Crippen molar-refractivity contribution < 1.29 is 19.2 Å². The van der Waals surface area contributed by atoms with Crippen LogP contribution in [0.15, 0.2) is 42.5 Å². The highest BCUT2D eigenvalue weighted by atomic mass is 16.6. The zero-order valence-electron chi connectivity index (χ0n) is 13.7. The Morgan fingerprint density at radius 3 is 2.33 bits per heavy atom. The van der Waals surface area contributed by atoms with Crippen LogP contribution in [-0.2, 0) is 6.54 Å². The van der Waals surface area contributed by atoms with Gasteiger partial charge in [-0.1, -0.05) is 12.1 Å². The SMILES string of the molecule is COc1ccc(CN(C)C(=O)c2ccc(OC)c([N+](=O)[O-])c2)cc1. The Morgan fingerprint density at radius 2 is 1.79 bits per heavy atom. The number of nitro groups is 1. The van der Waals surface area contributed by atoms with Crippen molar-refractivity contribution in [3.63, 3.8) is 0 Å². The van der Waals surface area contributed by atoms with E-state index in [-0.39, 0.29) is 22.9 Å². The number of hydrogen-bond acceptors (Lipinski definition) is 5. The van der Waals surface area contributed by atoms with Crippen LogP contribution >= 0.6 is 0 Å². The Kier molecular flexibility index (Phi) is 5.36. The Bertz CT molecular complexity index is 743. The molecule has 0 saturated heterocycles. The smallest absolute Gasteiger partial charge is 0.311 e. The first-order valence-electron chi connectivity index (χ1n) is 7.17. The number of ether oxygens (including phenoxy) is 2. The van der Waals surface area contributed by atoms with Crippen molar-refractivity contribution in [2.75, 3.05) is 21.3 Å². The highest BCUT2D eigenvalue weighted by Crippen LogP contribution is 2.28. The molecule has 7 nitrogen and oxygen atoms in total. The fourth-order valence-electron chi connectivity index (χ4n) is 2.26. The fourth-order valence-corrected chi connectivity index (χ4v) is 2.26. The van der Waals surface area contributed by atoms with Gasteiger partial charge in [0.15, 0.2) is 5.75 Å². The number of amides is 1. The standard InChI is InChI=1S/C17H18N2O5/c1-18(11-12-4-7-14(23-2)8-5-12)17(20)13-6-9-16(24-3)15(10-13)19(21)22/h4-10H,11H2,1-3H3. The second-order valence-corrected chi connectivity index (χ2v) is 5.15. The lowest BCUT2D eigenvalue weighted by atomic mass is 10.1. The summed E-state index contributed by atoms with van der Waals surface area (Å²) in [6.07, 6.45) is 0. The van der Waals surface area contributed by atoms with E-state index >= 15 is 0 Å². The summed E-state index contributed by atoms with van der Waals surface area (Å²) in [4.78, 5) is 24.5. The van der Waals surface area contributed by atoms with Crippen molar-refractivity contribution in [3.8, 4) is 11.5 Å². The van der Waals surface area contributed by atoms with Crippen LogP contribution in [0, 0.1) is 10.1 Å². The molecule has 0 aliphatic carbocycles. The van der Waals surface area contributed by atoms with Gasteiger partial charge in [0, 0.05) is 25.2 Å². The molecule has 2 aromatic carbocycles. The van der Waals surface area contributed by atoms with Crippen LogP contribution < -0.4 is 9.47 Å². The van der Waals surface area contributed by atoms with Crippen LogP contribution in [0.5, 0.6) is 11.5 Å². The number of carbonyl (C=O) groups excluding carboxylic acids is 1. The van der Waals surface area contributed by atoms with Crippen molar-refractivity contribution >= 4 is 11.6 Å². The van der Waals surface area contributed by atoms with E-state index in [1.54, 1.807) is 14.2 Å². The second-order valence-electron chi connectivity index (χ2n) is 5.15. The lowest BCUT2D eigenvalue weighted by molar-refractivity contribution is -0.385. The molecule has 2 aromatic rings. The summed E-state index contributed by atoms with van der Waals surface area (Å²) in [5.41, 5.74) is 0.925. The van der Waals surface area contributed by atoms with E-state index in [4.69, 9.17) is 9.47 Å². The summed E-state index contributed by atoms with van der Waals surface area (Å²) in [6, 6.07) is 11.5. The van der Waals surface area contributed by atoms with Gasteiger partial charge in [0.2, 0.25) is 0 Å². The van der Waals surface area contributed by atoms with E-state index in [1.807, 2.05) is 24.3 Å². The third kappa shape index (κ3) is 3.81. The Morgan fingerprint density at radius 1 is 1.12 bits per heavy atom. The van der Waals surface area contributed by atoms with Gasteiger partial charge >= 0.3 is 5.69 Å². The number of methoxy groups -OCH3 is 2. The molecule has 0 aliphatic heterocycles. The predicted octanol–water partition coefficient (Wildman–Crippen LogP) is 2.88. The van der Waals surface area contributed by atoms with Gasteiger partial charge in [0.25, 0.3) is 5.91 Å². The molecule has 0 aliphatic rings. The number of benzene rings is 2. The molecule has 0 aromatic heterocycles. The van der Waals surface area contributed by atoms with Gasteiger partial charge < -0.3 is 14.4 Å². The molecule has 7 heteroatoms. The monoisotopic (exact) mass is 330 g/mol. The molecule has 0 heterocycles. The minimum Gasteiger partial charge on any atom is -0.497 e. The fraction of sp³-hybridized carbons (Fsp3) is 0.235. The number of rotatable bonds is 6. The Balaban J connectivity index is 2.17. The molecule has 0 atom stereocenters. The molecule has 2 rings (SSSR count). The molecule has 0 bridgehead atoms. The van der Waals surface area contributed by atoms with Crippen molar-refractivity contribution in [1.29, 1.82) is 0 Å². The Labute approximate surface area is 139 Å². The first kappa shape index (κ1) is 17.3. The number of nitro benzene ring substituents is 1. The highest BCUT2D eigenvalue weighted by Gasteiger charge is 2.20. The van der Waals surface area contributed by atoms with E-state index < -0.39 is 4.92 Å². The van der Waals surface area contributed by atoms with E-state index in [0.717, 1.165) is 11.3 Å². The van der Waals surface area contributed by atoms with Crippen LogP contribution in [-0.4, -0.2) is 37.0 Å². The average Bonchev–Trinajstić information content (AvgIpc) is 2.61. The van der Waals surface area contributed by atoms with Crippen LogP contribution in [0.1, 0.15) is 15.9 Å². The molecule has 1 amide bonds. The lowest BCUT2D eigenvalue weighted by Gasteiger charge is -2.17. The molecule has 0 radical (unpaired) electrons. The van der Waals surface area contributed by atoms with Crippen molar-refractivity contribution in [2.45, 2.75) is 6.54 Å². The molecule has 0 unspecified atom stereocenters. The number of nitrogens with zero attached hydrogens (tertiary/aromatic N) is 2. The largest absolute Gasteiger partial charge is 0.497 e. The Hall–Kier alpha value is -3.09. The second kappa shape index (κ2) is 7.45. The van der Waals surface area contributed by atoms with Crippen LogP contribution in [0.4, 0.5) is 5.69 Å². The molecular weight excluding hydrogens is 312 g/mol. The van der Waals surface area contributed by atoms with Gasteiger partial charge in [0.1, 0.15) is 5.75 Å². The third-order valence-electron chi connectivity index (χ3n) is 3.55. The van der Waals surface area contributed by atoms with Gasteiger partial charge in [-0.15, -0.1) is 0 Å². The van der Waals surface area contributed by atoms with Crippen molar-refractivity contribution in [3.05, 3.63) is 63.7 Å². The summed E-state index contributed by atoms with van der Waals surface area (Å²) < 4.78 is 10.0. The maximum atomic E-state index is 12.5. The first-order chi connectivity index (χ1) is 11.5. The predicted molar refractivity (Wildman–Crippen MR) is 88.4 cm³/mol. The summed E-state index contributed by atoms with van der Waals surface area (Å²) in [5.74, 6) is 0.546. The van der Waals surface area contributed by atoms with Crippen molar-refractivity contribution in [1.82, 2.24) is 4.90 Å². The normalized spacial score (nSPS) is 10.1. The van der Waals surface area contributed by atoms with Crippen LogP contribution in [0.2, 0.25) is 0 Å². The summed E-state index contributed by atoms with van der Waals surface area (Å²) in [6.45, 7) is 0.378. The summed E-state index contributed by atoms with van der Waals surface area (Å²) in [7, 11) is 4.57. The maximum absolute atomic E-state index is 12.5. The quantitative estimate of drug-likeness (QED) is 0.601. The van der Waals surface area contributed by atoms with Gasteiger partial charge in [-0.2, -0.15) is 0 Å². The number of hydrogen-bond donors (Lipinski definition) is 0. The van der Waals surface area contributed by atoms with E-state index in [9.17, 15) is 14.9 Å². The average molecular weight is 330 g/mol. The van der Waals surface area contributed by atoms with Gasteiger partial charge in [-0.25, -0.2) is 0 Å². The van der Waals surface area contributed by atoms with E-state index in [0.29, 0.717) is 6.54 Å². The first-order valence-corrected chi connectivity index (χ1v) is 7.17. The highest BCUT2D eigenvalue weighted by molar-refractivity contribution is 5.95. The lowest BCUT2D eigenvalue weighted by Crippen LogP contribution is -2.26. The van der Waals surface area contributed by atoms with E-state index in [2.05, 4.69) is 0 Å². The molecular formula is C17H18N2O5. The van der Waals surface area contributed by atoms with Gasteiger partial charge in [0.05, 0.1) is 19.1 Å². The molecule has 0 fully saturated rings. The van der Waals surface area contributed by atoms with E-state index in [1.165, 1.54) is 30.2 Å². The zero-order valence-corrected chi connectivity index (χ0v) is 13.7. The van der Waals surface area contributed by atoms with Crippen LogP contribution in [0.3, 0.4) is 0 Å².